The molecular formula is C16H16N4O4S3. The fraction of sp³-hybridized carbons (Fsp3) is 0.375. The van der Waals surface area contributed by atoms with Gasteiger partial charge in [0.05, 0.1) is 16.7 Å². The van der Waals surface area contributed by atoms with Crippen molar-refractivity contribution >= 4 is 50.1 Å². The molecule has 142 valence electrons. The van der Waals surface area contributed by atoms with E-state index in [0.29, 0.717) is 22.6 Å². The Bertz CT molecular complexity index is 1120. The monoisotopic (exact) mass is 424 g/mol. The number of carbonyl (C=O) groups is 1. The molecule has 1 N–H and O–H groups in total. The number of rotatable bonds is 5. The lowest BCUT2D eigenvalue weighted by Crippen LogP contribution is -2.18. The highest BCUT2D eigenvalue weighted by Crippen LogP contribution is 2.46. The summed E-state index contributed by atoms with van der Waals surface area (Å²) in [6, 6.07) is 1.50. The molecule has 11 heteroatoms. The normalized spacial score (nSPS) is 17.1. The van der Waals surface area contributed by atoms with Crippen LogP contribution >= 0.6 is 23.3 Å². The second-order valence-electron chi connectivity index (χ2n) is 6.43. The fourth-order valence-electron chi connectivity index (χ4n) is 3.61. The van der Waals surface area contributed by atoms with Gasteiger partial charge in [-0.2, -0.15) is 0 Å². The van der Waals surface area contributed by atoms with Gasteiger partial charge in [0, 0.05) is 40.9 Å². The zero-order chi connectivity index (χ0) is 19.2. The van der Waals surface area contributed by atoms with E-state index in [1.807, 2.05) is 4.57 Å². The van der Waals surface area contributed by atoms with Crippen LogP contribution in [0.3, 0.4) is 0 Å². The van der Waals surface area contributed by atoms with Crippen molar-refractivity contribution in [2.45, 2.75) is 46.5 Å². The van der Waals surface area contributed by atoms with Crippen LogP contribution in [0.2, 0.25) is 0 Å². The van der Waals surface area contributed by atoms with Crippen LogP contribution in [0.1, 0.15) is 30.9 Å². The molecule has 0 saturated heterocycles. The second kappa shape index (κ2) is 6.88. The zero-order valence-corrected chi connectivity index (χ0v) is 16.8. The van der Waals surface area contributed by atoms with E-state index >= 15 is 0 Å². The van der Waals surface area contributed by atoms with Gasteiger partial charge in [-0.15, -0.1) is 5.10 Å². The van der Waals surface area contributed by atoms with Crippen molar-refractivity contribution in [3.8, 4) is 0 Å². The highest BCUT2D eigenvalue weighted by atomic mass is 32.2. The van der Waals surface area contributed by atoms with Crippen molar-refractivity contribution < 1.29 is 18.3 Å². The van der Waals surface area contributed by atoms with Crippen LogP contribution in [0.5, 0.6) is 0 Å². The third kappa shape index (κ3) is 3.34. The number of hydrogen-bond acceptors (Lipinski definition) is 8. The first-order valence-corrected chi connectivity index (χ1v) is 11.8. The van der Waals surface area contributed by atoms with Crippen molar-refractivity contribution in [3.05, 3.63) is 23.3 Å². The molecule has 0 amide bonds. The molecule has 0 aromatic carbocycles. The number of aryl methyl sites for hydroxylation is 1. The second-order valence-corrected chi connectivity index (χ2v) is 10.1. The van der Waals surface area contributed by atoms with E-state index < -0.39 is 15.8 Å². The van der Waals surface area contributed by atoms with Crippen LogP contribution in [0.25, 0.3) is 11.0 Å². The molecule has 0 fully saturated rings. The Morgan fingerprint density at radius 2 is 2.30 bits per heavy atom. The Morgan fingerprint density at radius 3 is 2.96 bits per heavy atom. The summed E-state index contributed by atoms with van der Waals surface area (Å²) in [5.74, 6) is -1.08. The molecule has 1 unspecified atom stereocenters. The van der Waals surface area contributed by atoms with Crippen LogP contribution in [0.4, 0.5) is 0 Å². The Hall–Kier alpha value is -1.98. The predicted molar refractivity (Wildman–Crippen MR) is 101 cm³/mol. The molecule has 0 aliphatic carbocycles. The molecule has 0 spiro atoms. The number of aromatic nitrogens is 4. The lowest BCUT2D eigenvalue weighted by atomic mass is 9.93. The van der Waals surface area contributed by atoms with Crippen LogP contribution in [0.15, 0.2) is 32.5 Å². The van der Waals surface area contributed by atoms with Crippen molar-refractivity contribution in [2.75, 3.05) is 6.26 Å². The van der Waals surface area contributed by atoms with Gasteiger partial charge < -0.3 is 9.67 Å². The average Bonchev–Trinajstić information content (AvgIpc) is 3.21. The first-order valence-electron chi connectivity index (χ1n) is 8.24. The van der Waals surface area contributed by atoms with Crippen LogP contribution in [-0.2, 0) is 21.2 Å². The molecule has 0 bridgehead atoms. The van der Waals surface area contributed by atoms with E-state index in [2.05, 4.69) is 14.6 Å². The number of sulfone groups is 1. The number of fused-ring (bicyclic) bond motifs is 3. The molecule has 27 heavy (non-hydrogen) atoms. The minimum Gasteiger partial charge on any atom is -0.481 e. The molecule has 3 aromatic rings. The number of pyridine rings is 1. The summed E-state index contributed by atoms with van der Waals surface area (Å²) < 4.78 is 30.7. The summed E-state index contributed by atoms with van der Waals surface area (Å²) in [5.41, 5.74) is 1.41. The molecule has 8 nitrogen and oxygen atoms in total. The van der Waals surface area contributed by atoms with E-state index in [-0.39, 0.29) is 17.2 Å². The molecular weight excluding hydrogens is 408 g/mol. The lowest BCUT2D eigenvalue weighted by Gasteiger charge is -2.25. The summed E-state index contributed by atoms with van der Waals surface area (Å²) in [7, 11) is -3.49. The number of carboxylic acid groups (broad SMARTS) is 1. The molecule has 1 atom stereocenters. The third-order valence-electron chi connectivity index (χ3n) is 4.59. The zero-order valence-electron chi connectivity index (χ0n) is 14.3. The van der Waals surface area contributed by atoms with Gasteiger partial charge in [0.15, 0.2) is 9.84 Å². The van der Waals surface area contributed by atoms with Crippen molar-refractivity contribution in [1.82, 2.24) is 19.1 Å². The molecule has 0 radical (unpaired) electrons. The highest BCUT2D eigenvalue weighted by Gasteiger charge is 2.32. The van der Waals surface area contributed by atoms with Gasteiger partial charge in [-0.3, -0.25) is 4.79 Å². The standard InChI is InChI=1S/C16H16N4O4S3/c1-27(23,24)10-4-5-17-16-13(10)15(26-11-8-25-19-18-11)14-9(7-12(21)22)3-2-6-20(14)16/h4-5,8-9H,2-3,6-7H2,1H3,(H,21,22). The summed E-state index contributed by atoms with van der Waals surface area (Å²) in [6.45, 7) is 0.679. The maximum atomic E-state index is 12.4. The Morgan fingerprint density at radius 1 is 1.48 bits per heavy atom. The lowest BCUT2D eigenvalue weighted by molar-refractivity contribution is -0.137. The molecule has 1 aliphatic rings. The fourth-order valence-corrected chi connectivity index (χ4v) is 6.21. The van der Waals surface area contributed by atoms with Gasteiger partial charge in [0.2, 0.25) is 0 Å². The first-order chi connectivity index (χ1) is 12.9. The van der Waals surface area contributed by atoms with Gasteiger partial charge in [-0.1, -0.05) is 16.3 Å². The minimum absolute atomic E-state index is 0.00654. The van der Waals surface area contributed by atoms with Crippen molar-refractivity contribution in [3.63, 3.8) is 0 Å². The topological polar surface area (TPSA) is 115 Å². The van der Waals surface area contributed by atoms with Gasteiger partial charge >= 0.3 is 5.97 Å². The number of nitrogens with zero attached hydrogens (tertiary/aromatic N) is 4. The summed E-state index contributed by atoms with van der Waals surface area (Å²) in [5, 5.41) is 16.4. The van der Waals surface area contributed by atoms with E-state index in [9.17, 15) is 18.3 Å². The summed E-state index contributed by atoms with van der Waals surface area (Å²) in [4.78, 5) is 16.8. The number of carboxylic acids is 1. The maximum Gasteiger partial charge on any atom is 0.304 e. The smallest absolute Gasteiger partial charge is 0.304 e. The van der Waals surface area contributed by atoms with E-state index in [0.717, 1.165) is 23.4 Å². The van der Waals surface area contributed by atoms with Crippen LogP contribution < -0.4 is 0 Å². The van der Waals surface area contributed by atoms with E-state index in [1.165, 1.54) is 41.8 Å². The van der Waals surface area contributed by atoms with Gasteiger partial charge in [-0.25, -0.2) is 13.4 Å². The third-order valence-corrected chi connectivity index (χ3v) is 7.41. The van der Waals surface area contributed by atoms with E-state index in [4.69, 9.17) is 0 Å². The number of aliphatic carboxylic acids is 1. The van der Waals surface area contributed by atoms with Crippen molar-refractivity contribution in [1.29, 1.82) is 0 Å². The molecule has 4 heterocycles. The van der Waals surface area contributed by atoms with Crippen LogP contribution in [-0.4, -0.2) is 44.9 Å². The maximum absolute atomic E-state index is 12.4. The molecule has 4 rings (SSSR count). The summed E-state index contributed by atoms with van der Waals surface area (Å²) >= 11 is 2.53. The number of hydrogen-bond donors (Lipinski definition) is 1. The molecule has 0 saturated carbocycles. The molecule has 3 aromatic heterocycles. The highest BCUT2D eigenvalue weighted by molar-refractivity contribution is 7.99. The Balaban J connectivity index is 2.04. The molecule has 1 aliphatic heterocycles. The minimum atomic E-state index is -3.49. The Labute approximate surface area is 163 Å². The quantitative estimate of drug-likeness (QED) is 0.665. The first kappa shape index (κ1) is 18.4. The summed E-state index contributed by atoms with van der Waals surface area (Å²) in [6.07, 6.45) is 4.21. The average molecular weight is 425 g/mol. The van der Waals surface area contributed by atoms with Crippen molar-refractivity contribution in [2.24, 2.45) is 0 Å². The van der Waals surface area contributed by atoms with Crippen LogP contribution in [0, 0.1) is 0 Å². The largest absolute Gasteiger partial charge is 0.481 e. The SMILES string of the molecule is CS(=O)(=O)c1ccnc2c1c(Sc1csnn1)c1n2CCCC1CC(=O)O. The van der Waals surface area contributed by atoms with E-state index in [1.54, 1.807) is 5.38 Å². The van der Waals surface area contributed by atoms with Gasteiger partial charge in [-0.05, 0) is 30.4 Å². The van der Waals surface area contributed by atoms with Gasteiger partial charge in [0.1, 0.15) is 10.7 Å². The Kier molecular flexibility index (Phi) is 4.68. The predicted octanol–water partition coefficient (Wildman–Crippen LogP) is 2.79. The van der Waals surface area contributed by atoms with Gasteiger partial charge in [0.25, 0.3) is 0 Å².